The van der Waals surface area contributed by atoms with Crippen molar-refractivity contribution in [2.75, 3.05) is 6.54 Å². The van der Waals surface area contributed by atoms with Crippen LogP contribution in [0.3, 0.4) is 0 Å². The van der Waals surface area contributed by atoms with E-state index in [1.807, 2.05) is 0 Å². The van der Waals surface area contributed by atoms with Crippen molar-refractivity contribution < 1.29 is 29.1 Å². The van der Waals surface area contributed by atoms with Gasteiger partial charge >= 0.3 is 5.97 Å². The minimum atomic E-state index is -1.19. The third kappa shape index (κ3) is 8.99. The van der Waals surface area contributed by atoms with Crippen molar-refractivity contribution in [3.63, 3.8) is 0 Å². The molecule has 0 fully saturated rings. The van der Waals surface area contributed by atoms with Gasteiger partial charge in [-0.2, -0.15) is 0 Å². The Hall–Kier alpha value is -2.69. The maximum Gasteiger partial charge on any atom is 0.326 e. The predicted molar refractivity (Wildman–Crippen MR) is 96.0 cm³/mol. The summed E-state index contributed by atoms with van der Waals surface area (Å²) in [5, 5.41) is 16.1. The molecule has 0 saturated carbocycles. The Morgan fingerprint density at radius 1 is 0.889 bits per heavy atom. The lowest BCUT2D eigenvalue weighted by molar-refractivity contribution is -0.143. The Morgan fingerprint density at radius 3 is 1.81 bits per heavy atom. The van der Waals surface area contributed by atoms with Crippen LogP contribution in [0.5, 0.6) is 0 Å². The third-order valence-electron chi connectivity index (χ3n) is 3.68. The Labute approximate surface area is 157 Å². The summed E-state index contributed by atoms with van der Waals surface area (Å²) in [7, 11) is 0. The maximum atomic E-state index is 12.3. The van der Waals surface area contributed by atoms with Gasteiger partial charge in [-0.05, 0) is 11.8 Å². The molecule has 0 aromatic heterocycles. The van der Waals surface area contributed by atoms with Crippen LogP contribution in [0, 0.1) is 11.8 Å². The number of rotatable bonds is 11. The first-order valence-electron chi connectivity index (χ1n) is 8.50. The number of carbonyl (C=O) groups excluding carboxylic acids is 4. The van der Waals surface area contributed by atoms with Gasteiger partial charge < -0.3 is 32.5 Å². The van der Waals surface area contributed by atoms with Crippen molar-refractivity contribution in [3.8, 4) is 0 Å². The largest absolute Gasteiger partial charge is 0.480 e. The average molecular weight is 387 g/mol. The number of carboxylic acids is 1. The van der Waals surface area contributed by atoms with E-state index < -0.39 is 54.3 Å². The van der Waals surface area contributed by atoms with Gasteiger partial charge in [-0.25, -0.2) is 4.79 Å². The highest BCUT2D eigenvalue weighted by Crippen LogP contribution is 2.04. The lowest BCUT2D eigenvalue weighted by Crippen LogP contribution is -2.55. The first kappa shape index (κ1) is 24.3. The van der Waals surface area contributed by atoms with Crippen LogP contribution in [0.4, 0.5) is 0 Å². The maximum absolute atomic E-state index is 12.3. The molecule has 154 valence electrons. The number of primary amides is 1. The normalized spacial score (nSPS) is 14.2. The van der Waals surface area contributed by atoms with Gasteiger partial charge in [-0.3, -0.25) is 19.2 Å². The Kier molecular flexibility index (Phi) is 10.0. The molecule has 0 aromatic carbocycles. The van der Waals surface area contributed by atoms with Crippen molar-refractivity contribution in [3.05, 3.63) is 0 Å². The van der Waals surface area contributed by atoms with E-state index in [1.54, 1.807) is 27.7 Å². The lowest BCUT2D eigenvalue weighted by Gasteiger charge is -2.23. The summed E-state index contributed by atoms with van der Waals surface area (Å²) in [5.41, 5.74) is 10.5. The summed E-state index contributed by atoms with van der Waals surface area (Å²) in [6.07, 6.45) is -0.369. The average Bonchev–Trinajstić information content (AvgIpc) is 2.53. The van der Waals surface area contributed by atoms with E-state index >= 15 is 0 Å². The SMILES string of the molecule is CC(C)C(NC(=O)CNC(=O)C(NC(=O)C(N)CC(N)=O)C(C)C)C(=O)O. The van der Waals surface area contributed by atoms with Crippen molar-refractivity contribution in [2.24, 2.45) is 23.3 Å². The van der Waals surface area contributed by atoms with E-state index in [4.69, 9.17) is 16.6 Å². The van der Waals surface area contributed by atoms with Gasteiger partial charge in [0.15, 0.2) is 0 Å². The summed E-state index contributed by atoms with van der Waals surface area (Å²) in [5.74, 6) is -4.65. The van der Waals surface area contributed by atoms with Gasteiger partial charge in [0.25, 0.3) is 0 Å². The molecule has 0 radical (unpaired) electrons. The van der Waals surface area contributed by atoms with Crippen LogP contribution in [0.15, 0.2) is 0 Å². The van der Waals surface area contributed by atoms with Gasteiger partial charge in [0.05, 0.1) is 19.0 Å². The predicted octanol–water partition coefficient (Wildman–Crippen LogP) is -2.33. The number of carbonyl (C=O) groups is 5. The van der Waals surface area contributed by atoms with Gasteiger partial charge in [0.1, 0.15) is 12.1 Å². The van der Waals surface area contributed by atoms with Gasteiger partial charge in [0, 0.05) is 0 Å². The molecule has 4 amide bonds. The second-order valence-corrected chi connectivity index (χ2v) is 6.85. The molecule has 0 saturated heterocycles. The Balaban J connectivity index is 4.77. The smallest absolute Gasteiger partial charge is 0.326 e. The highest BCUT2D eigenvalue weighted by molar-refractivity contribution is 5.94. The molecule has 0 aliphatic rings. The van der Waals surface area contributed by atoms with Crippen LogP contribution in [0.1, 0.15) is 34.1 Å². The quantitative estimate of drug-likeness (QED) is 0.229. The lowest BCUT2D eigenvalue weighted by atomic mass is 10.0. The van der Waals surface area contributed by atoms with Gasteiger partial charge in [-0.1, -0.05) is 27.7 Å². The summed E-state index contributed by atoms with van der Waals surface area (Å²) in [6.45, 7) is 6.16. The molecule has 11 heteroatoms. The van der Waals surface area contributed by atoms with Crippen molar-refractivity contribution in [1.82, 2.24) is 16.0 Å². The molecular formula is C16H29N5O6. The van der Waals surface area contributed by atoms with Crippen LogP contribution in [0.2, 0.25) is 0 Å². The van der Waals surface area contributed by atoms with E-state index in [9.17, 15) is 24.0 Å². The van der Waals surface area contributed by atoms with Gasteiger partial charge in [0.2, 0.25) is 23.6 Å². The first-order valence-corrected chi connectivity index (χ1v) is 8.50. The number of amides is 4. The van der Waals surface area contributed by atoms with E-state index in [2.05, 4.69) is 16.0 Å². The highest BCUT2D eigenvalue weighted by atomic mass is 16.4. The molecular weight excluding hydrogens is 358 g/mol. The monoisotopic (exact) mass is 387 g/mol. The van der Waals surface area contributed by atoms with Crippen molar-refractivity contribution in [2.45, 2.75) is 52.2 Å². The molecule has 0 aromatic rings. The molecule has 3 atom stereocenters. The fraction of sp³-hybridized carbons (Fsp3) is 0.688. The third-order valence-corrected chi connectivity index (χ3v) is 3.68. The minimum absolute atomic E-state index is 0.333. The minimum Gasteiger partial charge on any atom is -0.480 e. The zero-order chi connectivity index (χ0) is 21.3. The van der Waals surface area contributed by atoms with Gasteiger partial charge in [-0.15, -0.1) is 0 Å². The Morgan fingerprint density at radius 2 is 1.41 bits per heavy atom. The van der Waals surface area contributed by atoms with Crippen LogP contribution < -0.4 is 27.4 Å². The molecule has 0 spiro atoms. The van der Waals surface area contributed by atoms with Crippen LogP contribution in [-0.2, 0) is 24.0 Å². The molecule has 11 nitrogen and oxygen atoms in total. The summed E-state index contributed by atoms with van der Waals surface area (Å²) < 4.78 is 0. The number of carboxylic acid groups (broad SMARTS) is 1. The topological polar surface area (TPSA) is 194 Å². The van der Waals surface area contributed by atoms with E-state index in [-0.39, 0.29) is 18.3 Å². The first-order chi connectivity index (χ1) is 12.4. The second-order valence-electron chi connectivity index (χ2n) is 6.85. The number of hydrogen-bond acceptors (Lipinski definition) is 6. The highest BCUT2D eigenvalue weighted by Gasteiger charge is 2.28. The number of aliphatic carboxylic acids is 1. The van der Waals surface area contributed by atoms with Crippen LogP contribution in [-0.4, -0.2) is 59.4 Å². The molecule has 0 aliphatic carbocycles. The van der Waals surface area contributed by atoms with E-state index in [0.717, 1.165) is 0 Å². The molecule has 27 heavy (non-hydrogen) atoms. The Bertz CT molecular complexity index is 578. The summed E-state index contributed by atoms with van der Waals surface area (Å²) in [4.78, 5) is 58.0. The van der Waals surface area contributed by atoms with Crippen LogP contribution >= 0.6 is 0 Å². The van der Waals surface area contributed by atoms with Crippen LogP contribution in [0.25, 0.3) is 0 Å². The molecule has 0 rings (SSSR count). The number of nitrogens with two attached hydrogens (primary N) is 2. The molecule has 0 bridgehead atoms. The molecule has 0 heterocycles. The molecule has 8 N–H and O–H groups in total. The molecule has 0 aliphatic heterocycles. The van der Waals surface area contributed by atoms with Crippen molar-refractivity contribution in [1.29, 1.82) is 0 Å². The number of nitrogens with one attached hydrogen (secondary N) is 3. The summed E-state index contributed by atoms with van der Waals surface area (Å²) >= 11 is 0. The second kappa shape index (κ2) is 11.1. The standard InChI is InChI=1S/C16H29N5O6/c1-7(2)12(21-14(24)9(17)5-10(18)22)15(25)19-6-11(23)20-13(8(3)4)16(26)27/h7-9,12-13H,5-6,17H2,1-4H3,(H2,18,22)(H,19,25)(H,20,23)(H,21,24)(H,26,27). The number of hydrogen-bond donors (Lipinski definition) is 6. The van der Waals surface area contributed by atoms with E-state index in [1.165, 1.54) is 0 Å². The zero-order valence-corrected chi connectivity index (χ0v) is 15.9. The molecule has 3 unspecified atom stereocenters. The summed E-state index contributed by atoms with van der Waals surface area (Å²) in [6, 6.07) is -3.27. The van der Waals surface area contributed by atoms with E-state index in [0.29, 0.717) is 0 Å². The fourth-order valence-electron chi connectivity index (χ4n) is 2.12. The van der Waals surface area contributed by atoms with Crippen molar-refractivity contribution >= 4 is 29.6 Å². The fourth-order valence-corrected chi connectivity index (χ4v) is 2.12. The zero-order valence-electron chi connectivity index (χ0n) is 15.9.